The maximum atomic E-state index is 11.9. The van der Waals surface area contributed by atoms with Crippen molar-refractivity contribution in [3.63, 3.8) is 0 Å². The van der Waals surface area contributed by atoms with Gasteiger partial charge in [-0.15, -0.1) is 0 Å². The first-order valence-corrected chi connectivity index (χ1v) is 11.3. The lowest BCUT2D eigenvalue weighted by Gasteiger charge is -2.30. The minimum atomic E-state index is -0.481. The molecule has 1 aliphatic rings. The Balaban J connectivity index is 1.83. The SMILES string of the molecule is CCOc1ccc2c(C#CC#N)c(-c3ccc(NC(=O)OC(C)C)cc3)n(C3CCC3)c2c1. The van der Waals surface area contributed by atoms with E-state index in [1.807, 2.05) is 63.2 Å². The zero-order valence-corrected chi connectivity index (χ0v) is 19.1. The molecule has 0 bridgehead atoms. The summed E-state index contributed by atoms with van der Waals surface area (Å²) in [6, 6.07) is 16.0. The number of amides is 1. The van der Waals surface area contributed by atoms with Gasteiger partial charge in [-0.25, -0.2) is 4.79 Å². The number of benzene rings is 2. The second kappa shape index (κ2) is 9.71. The van der Waals surface area contributed by atoms with Crippen molar-refractivity contribution in [1.82, 2.24) is 4.57 Å². The summed E-state index contributed by atoms with van der Waals surface area (Å²) in [7, 11) is 0. The van der Waals surface area contributed by atoms with Crippen LogP contribution in [0.1, 0.15) is 51.6 Å². The Bertz CT molecular complexity index is 1270. The van der Waals surface area contributed by atoms with Gasteiger partial charge < -0.3 is 14.0 Å². The number of carbonyl (C=O) groups is 1. The second-order valence-electron chi connectivity index (χ2n) is 8.31. The van der Waals surface area contributed by atoms with Gasteiger partial charge in [-0.2, -0.15) is 5.26 Å². The predicted molar refractivity (Wildman–Crippen MR) is 129 cm³/mol. The summed E-state index contributed by atoms with van der Waals surface area (Å²) in [5.74, 6) is 6.49. The molecule has 1 amide bonds. The van der Waals surface area contributed by atoms with E-state index in [1.54, 1.807) is 0 Å². The van der Waals surface area contributed by atoms with Gasteiger partial charge in [0, 0.05) is 29.1 Å². The zero-order chi connectivity index (χ0) is 23.4. The van der Waals surface area contributed by atoms with Gasteiger partial charge in [-0.1, -0.05) is 12.1 Å². The molecule has 1 N–H and O–H groups in total. The fourth-order valence-electron chi connectivity index (χ4n) is 4.14. The highest BCUT2D eigenvalue weighted by Crippen LogP contribution is 2.43. The largest absolute Gasteiger partial charge is 0.494 e. The van der Waals surface area contributed by atoms with Gasteiger partial charge in [0.15, 0.2) is 6.07 Å². The number of carbonyl (C=O) groups excluding carboxylic acids is 1. The average Bonchev–Trinajstić information content (AvgIpc) is 3.04. The summed E-state index contributed by atoms with van der Waals surface area (Å²) >= 11 is 0. The molecule has 0 unspecified atom stereocenters. The van der Waals surface area contributed by atoms with Crippen molar-refractivity contribution in [2.45, 2.75) is 52.2 Å². The number of nitrogens with zero attached hydrogens (tertiary/aromatic N) is 2. The molecule has 33 heavy (non-hydrogen) atoms. The van der Waals surface area contributed by atoms with Crippen LogP contribution in [-0.2, 0) is 4.74 Å². The molecule has 2 aromatic carbocycles. The highest BCUT2D eigenvalue weighted by atomic mass is 16.6. The maximum absolute atomic E-state index is 11.9. The van der Waals surface area contributed by atoms with Crippen LogP contribution in [0.4, 0.5) is 10.5 Å². The summed E-state index contributed by atoms with van der Waals surface area (Å²) in [5, 5.41) is 12.9. The highest BCUT2D eigenvalue weighted by molar-refractivity contribution is 5.96. The van der Waals surface area contributed by atoms with E-state index in [0.717, 1.165) is 46.3 Å². The molecular weight excluding hydrogens is 414 g/mol. The third-order valence-corrected chi connectivity index (χ3v) is 5.72. The predicted octanol–water partition coefficient (Wildman–Crippen LogP) is 6.26. The van der Waals surface area contributed by atoms with E-state index in [0.29, 0.717) is 18.3 Å². The number of nitrogens with one attached hydrogen (secondary N) is 1. The maximum Gasteiger partial charge on any atom is 0.411 e. The van der Waals surface area contributed by atoms with E-state index in [1.165, 1.54) is 6.42 Å². The normalized spacial score (nSPS) is 13.1. The van der Waals surface area contributed by atoms with Crippen LogP contribution in [0, 0.1) is 23.2 Å². The topological polar surface area (TPSA) is 76.3 Å². The standard InChI is InChI=1S/C27H27N3O3/c1-4-32-22-14-15-23-24(9-6-16-28)26(30(25(23)17-22)21-7-5-8-21)19-10-12-20(13-11-19)29-27(31)33-18(2)3/h10-15,17-18,21H,4-5,7-8H2,1-3H3,(H,29,31). The number of anilines is 1. The number of nitriles is 1. The number of hydrogen-bond donors (Lipinski definition) is 1. The van der Waals surface area contributed by atoms with E-state index in [-0.39, 0.29) is 6.10 Å². The molecule has 168 valence electrons. The number of hydrogen-bond acceptors (Lipinski definition) is 4. The first-order chi connectivity index (χ1) is 16.0. The van der Waals surface area contributed by atoms with Crippen molar-refractivity contribution < 1.29 is 14.3 Å². The van der Waals surface area contributed by atoms with Crippen LogP contribution in [0.3, 0.4) is 0 Å². The van der Waals surface area contributed by atoms with Gasteiger partial charge in [-0.05, 0) is 75.8 Å². The van der Waals surface area contributed by atoms with Gasteiger partial charge in [0.2, 0.25) is 0 Å². The Kier molecular flexibility index (Phi) is 6.56. The molecule has 0 saturated heterocycles. The molecule has 6 heteroatoms. The molecule has 1 fully saturated rings. The van der Waals surface area contributed by atoms with Crippen molar-refractivity contribution >= 4 is 22.7 Å². The first-order valence-electron chi connectivity index (χ1n) is 11.3. The summed E-state index contributed by atoms with van der Waals surface area (Å²) in [4.78, 5) is 11.9. The fourth-order valence-corrected chi connectivity index (χ4v) is 4.14. The van der Waals surface area contributed by atoms with Gasteiger partial charge in [-0.3, -0.25) is 5.32 Å². The van der Waals surface area contributed by atoms with Crippen molar-refractivity contribution in [2.75, 3.05) is 11.9 Å². The summed E-state index contributed by atoms with van der Waals surface area (Å²) in [6.45, 7) is 6.18. The summed E-state index contributed by atoms with van der Waals surface area (Å²) < 4.78 is 13.3. The van der Waals surface area contributed by atoms with Crippen molar-refractivity contribution in [3.8, 4) is 34.9 Å². The molecule has 1 saturated carbocycles. The molecule has 1 heterocycles. The highest BCUT2D eigenvalue weighted by Gasteiger charge is 2.27. The molecule has 3 aromatic rings. The third-order valence-electron chi connectivity index (χ3n) is 5.72. The third kappa shape index (κ3) is 4.66. The molecule has 1 aromatic heterocycles. The fraction of sp³-hybridized carbons (Fsp3) is 0.333. The van der Waals surface area contributed by atoms with E-state index >= 15 is 0 Å². The van der Waals surface area contributed by atoms with Crippen molar-refractivity contribution in [3.05, 3.63) is 48.0 Å². The van der Waals surface area contributed by atoms with E-state index in [4.69, 9.17) is 14.7 Å². The quantitative estimate of drug-likeness (QED) is 0.458. The molecule has 0 spiro atoms. The molecule has 0 radical (unpaired) electrons. The van der Waals surface area contributed by atoms with E-state index in [2.05, 4.69) is 27.8 Å². The molecule has 6 nitrogen and oxygen atoms in total. The van der Waals surface area contributed by atoms with Gasteiger partial charge in [0.05, 0.1) is 29.5 Å². The average molecular weight is 442 g/mol. The minimum absolute atomic E-state index is 0.190. The molecule has 0 atom stereocenters. The number of ether oxygens (including phenoxy) is 2. The Morgan fingerprint density at radius 3 is 2.58 bits per heavy atom. The van der Waals surface area contributed by atoms with Crippen LogP contribution in [0.25, 0.3) is 22.2 Å². The van der Waals surface area contributed by atoms with Gasteiger partial charge >= 0.3 is 6.09 Å². The summed E-state index contributed by atoms with van der Waals surface area (Å²) in [5.41, 5.74) is 4.51. The molecule has 1 aliphatic carbocycles. The van der Waals surface area contributed by atoms with Crippen molar-refractivity contribution in [1.29, 1.82) is 5.26 Å². The number of fused-ring (bicyclic) bond motifs is 1. The van der Waals surface area contributed by atoms with Crippen LogP contribution in [0.15, 0.2) is 42.5 Å². The van der Waals surface area contributed by atoms with Crippen LogP contribution in [0.5, 0.6) is 5.75 Å². The second-order valence-corrected chi connectivity index (χ2v) is 8.31. The van der Waals surface area contributed by atoms with Gasteiger partial charge in [0.1, 0.15) is 5.75 Å². The van der Waals surface area contributed by atoms with Crippen LogP contribution in [0.2, 0.25) is 0 Å². The molecular formula is C27H27N3O3. The van der Waals surface area contributed by atoms with Crippen LogP contribution < -0.4 is 10.1 Å². The van der Waals surface area contributed by atoms with Crippen molar-refractivity contribution in [2.24, 2.45) is 0 Å². The zero-order valence-electron chi connectivity index (χ0n) is 19.1. The van der Waals surface area contributed by atoms with Crippen LogP contribution >= 0.6 is 0 Å². The number of aromatic nitrogens is 1. The smallest absolute Gasteiger partial charge is 0.411 e. The van der Waals surface area contributed by atoms with E-state index < -0.39 is 6.09 Å². The lowest BCUT2D eigenvalue weighted by atomic mass is 9.92. The first kappa shape index (κ1) is 22.3. The Morgan fingerprint density at radius 2 is 1.97 bits per heavy atom. The van der Waals surface area contributed by atoms with E-state index in [9.17, 15) is 4.79 Å². The van der Waals surface area contributed by atoms with Gasteiger partial charge in [0.25, 0.3) is 0 Å². The molecule has 0 aliphatic heterocycles. The minimum Gasteiger partial charge on any atom is -0.494 e. The summed E-state index contributed by atoms with van der Waals surface area (Å²) in [6.07, 6.45) is 2.72. The Hall–Kier alpha value is -3.90. The number of rotatable bonds is 6. The lowest BCUT2D eigenvalue weighted by molar-refractivity contribution is 0.130. The monoisotopic (exact) mass is 441 g/mol. The molecule has 4 rings (SSSR count). The van der Waals surface area contributed by atoms with Crippen LogP contribution in [-0.4, -0.2) is 23.4 Å². The Morgan fingerprint density at radius 1 is 1.21 bits per heavy atom. The lowest BCUT2D eigenvalue weighted by Crippen LogP contribution is -2.18. The Labute approximate surface area is 194 Å².